The van der Waals surface area contributed by atoms with Crippen LogP contribution in [0.1, 0.15) is 25.7 Å². The minimum atomic E-state index is -0.152. The number of nitrogens with one attached hydrogen (secondary N) is 1. The number of anilines is 1. The second kappa shape index (κ2) is 8.95. The van der Waals surface area contributed by atoms with Crippen LogP contribution in [-0.4, -0.2) is 74.0 Å². The van der Waals surface area contributed by atoms with E-state index in [4.69, 9.17) is 0 Å². The summed E-state index contributed by atoms with van der Waals surface area (Å²) in [6.07, 6.45) is 3.82. The maximum atomic E-state index is 12.4. The zero-order chi connectivity index (χ0) is 19.3. The van der Waals surface area contributed by atoms with Gasteiger partial charge in [-0.15, -0.1) is 0 Å². The van der Waals surface area contributed by atoms with Crippen molar-refractivity contribution in [1.82, 2.24) is 15.1 Å². The fourth-order valence-electron chi connectivity index (χ4n) is 4.26. The van der Waals surface area contributed by atoms with E-state index in [1.165, 1.54) is 18.5 Å². The SMILES string of the molecule is O=C(NCCCN1CCN(c2ccccc2)CC1)[C@H]1CC(=O)N(CC2CC2)C1. The molecule has 1 aliphatic carbocycles. The first-order valence-electron chi connectivity index (χ1n) is 10.8. The van der Waals surface area contributed by atoms with Crippen LogP contribution in [0.15, 0.2) is 30.3 Å². The summed E-state index contributed by atoms with van der Waals surface area (Å²) in [6, 6.07) is 10.6. The number of piperazine rings is 1. The number of hydrogen-bond acceptors (Lipinski definition) is 4. The van der Waals surface area contributed by atoms with Crippen molar-refractivity contribution in [3.05, 3.63) is 30.3 Å². The van der Waals surface area contributed by atoms with E-state index in [9.17, 15) is 9.59 Å². The number of amides is 2. The largest absolute Gasteiger partial charge is 0.369 e. The lowest BCUT2D eigenvalue weighted by molar-refractivity contribution is -0.129. The molecule has 3 aliphatic rings. The Balaban J connectivity index is 1.10. The highest BCUT2D eigenvalue weighted by molar-refractivity contribution is 5.89. The van der Waals surface area contributed by atoms with Crippen LogP contribution in [0.2, 0.25) is 0 Å². The van der Waals surface area contributed by atoms with Gasteiger partial charge in [0.05, 0.1) is 5.92 Å². The molecular formula is C22H32N4O2. The van der Waals surface area contributed by atoms with Crippen LogP contribution in [0.5, 0.6) is 0 Å². The molecule has 2 aliphatic heterocycles. The molecule has 6 heteroatoms. The minimum absolute atomic E-state index is 0.0561. The van der Waals surface area contributed by atoms with Crippen molar-refractivity contribution in [3.8, 4) is 0 Å². The molecule has 0 radical (unpaired) electrons. The first kappa shape index (κ1) is 19.2. The van der Waals surface area contributed by atoms with E-state index in [1.807, 2.05) is 4.90 Å². The molecule has 1 aromatic rings. The lowest BCUT2D eigenvalue weighted by atomic mass is 10.1. The standard InChI is InChI=1S/C22H32N4O2/c27-21-15-19(17-26(21)16-18-7-8-18)22(28)23-9-4-10-24-11-13-25(14-12-24)20-5-2-1-3-6-20/h1-3,5-6,18-19H,4,7-17H2,(H,23,28)/t19-/m0/s1. The van der Waals surface area contributed by atoms with E-state index in [-0.39, 0.29) is 17.7 Å². The van der Waals surface area contributed by atoms with Crippen LogP contribution in [0.25, 0.3) is 0 Å². The van der Waals surface area contributed by atoms with E-state index in [0.29, 0.717) is 25.4 Å². The monoisotopic (exact) mass is 384 g/mol. The van der Waals surface area contributed by atoms with Gasteiger partial charge >= 0.3 is 0 Å². The first-order chi connectivity index (χ1) is 13.7. The topological polar surface area (TPSA) is 55.9 Å². The fourth-order valence-corrected chi connectivity index (χ4v) is 4.26. The van der Waals surface area contributed by atoms with Gasteiger partial charge in [-0.3, -0.25) is 14.5 Å². The second-order valence-corrected chi connectivity index (χ2v) is 8.45. The predicted octanol–water partition coefficient (Wildman–Crippen LogP) is 1.57. The summed E-state index contributed by atoms with van der Waals surface area (Å²) in [6.45, 7) is 7.42. The lowest BCUT2D eigenvalue weighted by Crippen LogP contribution is -2.47. The molecule has 0 unspecified atom stereocenters. The van der Waals surface area contributed by atoms with Crippen molar-refractivity contribution in [3.63, 3.8) is 0 Å². The molecule has 2 amide bonds. The summed E-state index contributed by atoms with van der Waals surface area (Å²) in [7, 11) is 0. The number of carbonyl (C=O) groups excluding carboxylic acids is 2. The van der Waals surface area contributed by atoms with Gasteiger partial charge < -0.3 is 15.1 Å². The molecule has 4 rings (SSSR count). The van der Waals surface area contributed by atoms with Crippen LogP contribution in [-0.2, 0) is 9.59 Å². The van der Waals surface area contributed by atoms with Crippen LogP contribution in [0.3, 0.4) is 0 Å². The van der Waals surface area contributed by atoms with E-state index in [0.717, 1.165) is 45.7 Å². The minimum Gasteiger partial charge on any atom is -0.369 e. The Morgan fingerprint density at radius 2 is 1.82 bits per heavy atom. The van der Waals surface area contributed by atoms with Crippen molar-refractivity contribution in [2.24, 2.45) is 11.8 Å². The molecule has 1 atom stereocenters. The average Bonchev–Trinajstić information content (AvgIpc) is 3.47. The number of rotatable bonds is 8. The van der Waals surface area contributed by atoms with Gasteiger partial charge in [0, 0.05) is 57.9 Å². The molecule has 1 aromatic carbocycles. The highest BCUT2D eigenvalue weighted by Crippen LogP contribution is 2.32. The molecule has 0 spiro atoms. The smallest absolute Gasteiger partial charge is 0.225 e. The Bertz CT molecular complexity index is 668. The van der Waals surface area contributed by atoms with Crippen molar-refractivity contribution in [2.75, 3.05) is 57.3 Å². The molecule has 1 saturated carbocycles. The quantitative estimate of drug-likeness (QED) is 0.692. The van der Waals surface area contributed by atoms with Gasteiger partial charge in [0.25, 0.3) is 0 Å². The van der Waals surface area contributed by atoms with E-state index >= 15 is 0 Å². The van der Waals surface area contributed by atoms with Crippen molar-refractivity contribution < 1.29 is 9.59 Å². The number of para-hydroxylation sites is 1. The van der Waals surface area contributed by atoms with E-state index in [2.05, 4.69) is 45.4 Å². The Labute approximate surface area is 167 Å². The molecule has 6 nitrogen and oxygen atoms in total. The molecule has 28 heavy (non-hydrogen) atoms. The number of hydrogen-bond donors (Lipinski definition) is 1. The second-order valence-electron chi connectivity index (χ2n) is 8.45. The normalized spacial score (nSPS) is 23.3. The third-order valence-corrected chi connectivity index (χ3v) is 6.20. The number of carbonyl (C=O) groups is 2. The summed E-state index contributed by atoms with van der Waals surface area (Å²) in [4.78, 5) is 31.2. The zero-order valence-electron chi connectivity index (χ0n) is 16.7. The van der Waals surface area contributed by atoms with Crippen LogP contribution in [0.4, 0.5) is 5.69 Å². The zero-order valence-corrected chi connectivity index (χ0v) is 16.7. The maximum Gasteiger partial charge on any atom is 0.225 e. The first-order valence-corrected chi connectivity index (χ1v) is 10.8. The van der Waals surface area contributed by atoms with Gasteiger partial charge in [-0.05, 0) is 43.9 Å². The third-order valence-electron chi connectivity index (χ3n) is 6.20. The fraction of sp³-hybridized carbons (Fsp3) is 0.636. The predicted molar refractivity (Wildman–Crippen MR) is 110 cm³/mol. The van der Waals surface area contributed by atoms with Crippen LogP contribution in [0, 0.1) is 11.8 Å². The van der Waals surface area contributed by atoms with Crippen LogP contribution >= 0.6 is 0 Å². The number of likely N-dealkylation sites (tertiary alicyclic amines) is 1. The molecule has 1 N–H and O–H groups in total. The Morgan fingerprint density at radius 1 is 1.07 bits per heavy atom. The Kier molecular flexibility index (Phi) is 6.15. The Morgan fingerprint density at radius 3 is 2.54 bits per heavy atom. The summed E-state index contributed by atoms with van der Waals surface area (Å²) in [5.74, 6) is 0.748. The van der Waals surface area contributed by atoms with E-state index in [1.54, 1.807) is 0 Å². The molecule has 3 fully saturated rings. The van der Waals surface area contributed by atoms with Gasteiger partial charge in [-0.25, -0.2) is 0 Å². The van der Waals surface area contributed by atoms with Gasteiger partial charge in [0.15, 0.2) is 0 Å². The van der Waals surface area contributed by atoms with E-state index < -0.39 is 0 Å². The molecule has 2 saturated heterocycles. The lowest BCUT2D eigenvalue weighted by Gasteiger charge is -2.36. The van der Waals surface area contributed by atoms with Crippen molar-refractivity contribution in [1.29, 1.82) is 0 Å². The summed E-state index contributed by atoms with van der Waals surface area (Å²) in [5.41, 5.74) is 1.30. The summed E-state index contributed by atoms with van der Waals surface area (Å²) >= 11 is 0. The number of nitrogens with zero attached hydrogens (tertiary/aromatic N) is 3. The van der Waals surface area contributed by atoms with Gasteiger partial charge in [0.2, 0.25) is 11.8 Å². The molecule has 0 bridgehead atoms. The van der Waals surface area contributed by atoms with Crippen molar-refractivity contribution >= 4 is 17.5 Å². The third kappa shape index (κ3) is 5.04. The highest BCUT2D eigenvalue weighted by Gasteiger charge is 2.36. The Hall–Kier alpha value is -2.08. The van der Waals surface area contributed by atoms with Crippen molar-refractivity contribution in [2.45, 2.75) is 25.7 Å². The summed E-state index contributed by atoms with van der Waals surface area (Å²) < 4.78 is 0. The van der Waals surface area contributed by atoms with Gasteiger partial charge in [0.1, 0.15) is 0 Å². The summed E-state index contributed by atoms with van der Waals surface area (Å²) in [5, 5.41) is 3.05. The maximum absolute atomic E-state index is 12.4. The van der Waals surface area contributed by atoms with Gasteiger partial charge in [-0.1, -0.05) is 18.2 Å². The average molecular weight is 385 g/mol. The van der Waals surface area contributed by atoms with Crippen LogP contribution < -0.4 is 10.2 Å². The molecular weight excluding hydrogens is 352 g/mol. The molecule has 152 valence electrons. The highest BCUT2D eigenvalue weighted by atomic mass is 16.2. The van der Waals surface area contributed by atoms with Gasteiger partial charge in [-0.2, -0.15) is 0 Å². The number of benzene rings is 1. The molecule has 0 aromatic heterocycles. The molecule has 2 heterocycles.